The summed E-state index contributed by atoms with van der Waals surface area (Å²) in [5.74, 6) is -0.560. The Morgan fingerprint density at radius 1 is 1.19 bits per heavy atom. The molecular weight excluding hydrogens is 466 g/mol. The predicted molar refractivity (Wildman–Crippen MR) is 128 cm³/mol. The topological polar surface area (TPSA) is 95.6 Å². The van der Waals surface area contributed by atoms with Crippen molar-refractivity contribution in [3.05, 3.63) is 40.1 Å². The number of thiophene rings is 1. The van der Waals surface area contributed by atoms with Crippen molar-refractivity contribution < 1.29 is 18.0 Å². The number of hydrogen-bond acceptors (Lipinski definition) is 6. The van der Waals surface area contributed by atoms with Gasteiger partial charge in [-0.2, -0.15) is 0 Å². The van der Waals surface area contributed by atoms with Gasteiger partial charge in [-0.1, -0.05) is 12.8 Å². The number of carbonyl (C=O) groups excluding carboxylic acids is 2. The number of carbonyl (C=O) groups is 2. The zero-order valence-corrected chi connectivity index (χ0v) is 20.4. The van der Waals surface area contributed by atoms with Crippen molar-refractivity contribution in [3.8, 4) is 0 Å². The van der Waals surface area contributed by atoms with Crippen molar-refractivity contribution in [1.29, 1.82) is 0 Å². The van der Waals surface area contributed by atoms with E-state index in [9.17, 15) is 18.0 Å². The average molecular weight is 494 g/mol. The van der Waals surface area contributed by atoms with Crippen LogP contribution in [0.5, 0.6) is 0 Å². The Hall–Kier alpha value is -1.88. The van der Waals surface area contributed by atoms with Gasteiger partial charge in [0.2, 0.25) is 21.8 Å². The van der Waals surface area contributed by atoms with Crippen molar-refractivity contribution >= 4 is 50.6 Å². The van der Waals surface area contributed by atoms with E-state index >= 15 is 0 Å². The number of hydrogen-bond donors (Lipinski definition) is 2. The molecule has 1 saturated heterocycles. The zero-order chi connectivity index (χ0) is 22.7. The monoisotopic (exact) mass is 493 g/mol. The van der Waals surface area contributed by atoms with Crippen molar-refractivity contribution in [2.45, 2.75) is 54.1 Å². The van der Waals surface area contributed by atoms with E-state index in [1.54, 1.807) is 22.3 Å². The lowest BCUT2D eigenvalue weighted by Gasteiger charge is -2.28. The van der Waals surface area contributed by atoms with Gasteiger partial charge in [-0.15, -0.1) is 23.1 Å². The minimum Gasteiger partial charge on any atom is -0.341 e. The number of aryl methyl sites for hydroxylation is 1. The number of anilines is 1. The highest BCUT2D eigenvalue weighted by Crippen LogP contribution is 2.38. The average Bonchev–Trinajstić information content (AvgIpc) is 3.00. The van der Waals surface area contributed by atoms with Gasteiger partial charge in [-0.05, 0) is 61.4 Å². The number of thioether (sulfide) groups is 1. The molecule has 0 aliphatic carbocycles. The molecule has 0 spiro atoms. The second kappa shape index (κ2) is 9.94. The highest BCUT2D eigenvalue weighted by Gasteiger charge is 2.36. The largest absolute Gasteiger partial charge is 0.341 e. The summed E-state index contributed by atoms with van der Waals surface area (Å²) in [4.78, 5) is 29.3. The third kappa shape index (κ3) is 5.19. The van der Waals surface area contributed by atoms with E-state index in [0.29, 0.717) is 36.6 Å². The second-order valence-electron chi connectivity index (χ2n) is 8.06. The fraction of sp³-hybridized carbons (Fsp3) is 0.455. The van der Waals surface area contributed by atoms with Crippen LogP contribution in [0.25, 0.3) is 0 Å². The number of rotatable bonds is 6. The maximum Gasteiger partial charge on any atom is 0.247 e. The molecule has 2 aliphatic rings. The summed E-state index contributed by atoms with van der Waals surface area (Å²) in [5.41, 5.74) is 1.59. The van der Waals surface area contributed by atoms with Gasteiger partial charge < -0.3 is 10.2 Å². The normalized spacial score (nSPS) is 19.2. The Morgan fingerprint density at radius 2 is 1.94 bits per heavy atom. The Bertz CT molecular complexity index is 1110. The Balaban J connectivity index is 1.43. The standard InChI is InChI=1S/C22H27N3O4S3/c1-15-9-13-30-18(15)8-10-23-32(28,29)16-6-7-19-17(14-16)24-21(26)20(31-19)22(27)25-11-4-2-3-5-12-25/h6-7,9,13-14,20,23H,2-5,8,10-12H2,1H3,(H,24,26). The molecule has 10 heteroatoms. The number of sulfonamides is 1. The van der Waals surface area contributed by atoms with Gasteiger partial charge in [-0.3, -0.25) is 9.59 Å². The van der Waals surface area contributed by atoms with Gasteiger partial charge in [0.25, 0.3) is 0 Å². The van der Waals surface area contributed by atoms with Crippen LogP contribution in [0.1, 0.15) is 36.1 Å². The molecule has 2 N–H and O–H groups in total. The second-order valence-corrected chi connectivity index (χ2v) is 12.0. The molecule has 2 aliphatic heterocycles. The molecule has 7 nitrogen and oxygen atoms in total. The first kappa shape index (κ1) is 23.3. The number of fused-ring (bicyclic) bond motifs is 1. The molecule has 1 atom stereocenters. The van der Waals surface area contributed by atoms with Crippen LogP contribution in [0.2, 0.25) is 0 Å². The molecule has 1 unspecified atom stereocenters. The summed E-state index contributed by atoms with van der Waals surface area (Å²) in [7, 11) is -3.71. The maximum absolute atomic E-state index is 12.9. The van der Waals surface area contributed by atoms with Crippen LogP contribution in [0, 0.1) is 6.92 Å². The van der Waals surface area contributed by atoms with E-state index in [2.05, 4.69) is 10.0 Å². The quantitative estimate of drug-likeness (QED) is 0.602. The van der Waals surface area contributed by atoms with E-state index in [1.807, 2.05) is 18.4 Å². The third-order valence-corrected chi connectivity index (χ3v) is 9.56. The van der Waals surface area contributed by atoms with Gasteiger partial charge in [0.1, 0.15) is 0 Å². The fourth-order valence-corrected chi connectivity index (χ4v) is 6.94. The summed E-state index contributed by atoms with van der Waals surface area (Å²) >= 11 is 2.81. The number of benzene rings is 1. The summed E-state index contributed by atoms with van der Waals surface area (Å²) in [5, 5.41) is 3.90. The van der Waals surface area contributed by atoms with E-state index in [0.717, 1.165) is 36.1 Å². The Kier molecular flexibility index (Phi) is 7.24. The molecule has 3 heterocycles. The lowest BCUT2D eigenvalue weighted by molar-refractivity contribution is -0.133. The molecule has 172 valence electrons. The van der Waals surface area contributed by atoms with Crippen LogP contribution in [0.15, 0.2) is 39.4 Å². The summed E-state index contributed by atoms with van der Waals surface area (Å²) in [6, 6.07) is 6.67. The highest BCUT2D eigenvalue weighted by molar-refractivity contribution is 8.01. The summed E-state index contributed by atoms with van der Waals surface area (Å²) in [6.45, 7) is 3.68. The van der Waals surface area contributed by atoms with Crippen LogP contribution < -0.4 is 10.0 Å². The molecule has 32 heavy (non-hydrogen) atoms. The van der Waals surface area contributed by atoms with Crippen LogP contribution in [-0.2, 0) is 26.0 Å². The molecule has 4 rings (SSSR count). The van der Waals surface area contributed by atoms with Crippen LogP contribution in [0.4, 0.5) is 5.69 Å². The minimum absolute atomic E-state index is 0.0948. The smallest absolute Gasteiger partial charge is 0.247 e. The van der Waals surface area contributed by atoms with E-state index in [1.165, 1.54) is 23.9 Å². The fourth-order valence-electron chi connectivity index (χ4n) is 3.92. The van der Waals surface area contributed by atoms with E-state index < -0.39 is 21.2 Å². The Labute approximate surface area is 197 Å². The summed E-state index contributed by atoms with van der Waals surface area (Å²) in [6.07, 6.45) is 4.76. The third-order valence-electron chi connectivity index (χ3n) is 5.76. The van der Waals surface area contributed by atoms with Crippen molar-refractivity contribution in [1.82, 2.24) is 9.62 Å². The van der Waals surface area contributed by atoms with E-state index in [-0.39, 0.29) is 10.8 Å². The van der Waals surface area contributed by atoms with Crippen molar-refractivity contribution in [2.24, 2.45) is 0 Å². The number of likely N-dealkylation sites (tertiary alicyclic amines) is 1. The molecule has 2 aromatic rings. The zero-order valence-electron chi connectivity index (χ0n) is 17.9. The molecule has 1 aromatic heterocycles. The number of nitrogens with one attached hydrogen (secondary N) is 2. The first-order chi connectivity index (χ1) is 15.3. The van der Waals surface area contributed by atoms with Crippen LogP contribution >= 0.6 is 23.1 Å². The Morgan fingerprint density at radius 3 is 2.62 bits per heavy atom. The first-order valence-electron chi connectivity index (χ1n) is 10.8. The molecule has 1 aromatic carbocycles. The van der Waals surface area contributed by atoms with Gasteiger partial charge in [0.15, 0.2) is 5.25 Å². The van der Waals surface area contributed by atoms with Crippen molar-refractivity contribution in [3.63, 3.8) is 0 Å². The van der Waals surface area contributed by atoms with Crippen LogP contribution in [-0.4, -0.2) is 50.0 Å². The molecule has 0 bridgehead atoms. The SMILES string of the molecule is Cc1ccsc1CCNS(=O)(=O)c1ccc2c(c1)NC(=O)C(C(=O)N1CCCCCC1)S2. The predicted octanol–water partition coefficient (Wildman–Crippen LogP) is 3.39. The minimum atomic E-state index is -3.71. The molecular formula is C22H27N3O4S3. The van der Waals surface area contributed by atoms with Gasteiger partial charge in [0.05, 0.1) is 10.6 Å². The molecule has 0 radical (unpaired) electrons. The van der Waals surface area contributed by atoms with E-state index in [4.69, 9.17) is 0 Å². The number of amides is 2. The molecule has 2 amide bonds. The molecule has 0 saturated carbocycles. The van der Waals surface area contributed by atoms with Gasteiger partial charge in [0, 0.05) is 29.4 Å². The van der Waals surface area contributed by atoms with Gasteiger partial charge >= 0.3 is 0 Å². The molecule has 1 fully saturated rings. The maximum atomic E-state index is 12.9. The van der Waals surface area contributed by atoms with Crippen molar-refractivity contribution in [2.75, 3.05) is 25.0 Å². The van der Waals surface area contributed by atoms with Gasteiger partial charge in [-0.25, -0.2) is 13.1 Å². The highest BCUT2D eigenvalue weighted by atomic mass is 32.2. The van der Waals surface area contributed by atoms with Crippen LogP contribution in [0.3, 0.4) is 0 Å². The summed E-state index contributed by atoms with van der Waals surface area (Å²) < 4.78 is 28.1. The lowest BCUT2D eigenvalue weighted by Crippen LogP contribution is -2.45. The first-order valence-corrected chi connectivity index (χ1v) is 14.0. The lowest BCUT2D eigenvalue weighted by atomic mass is 10.2. The number of nitrogens with zero attached hydrogens (tertiary/aromatic N) is 1.